The number of nitrogens with zero attached hydrogens (tertiary/aromatic N) is 2. The van der Waals surface area contributed by atoms with Crippen molar-refractivity contribution in [1.82, 2.24) is 0 Å². The highest BCUT2D eigenvalue weighted by molar-refractivity contribution is 6.02. The molecule has 0 bridgehead atoms. The molecule has 1 aliphatic heterocycles. The number of amides is 2. The van der Waals surface area contributed by atoms with Crippen molar-refractivity contribution in [2.75, 3.05) is 16.8 Å². The summed E-state index contributed by atoms with van der Waals surface area (Å²) in [5.74, 6) is 0. The van der Waals surface area contributed by atoms with Crippen LogP contribution in [0.1, 0.15) is 31.4 Å². The number of hydrogen-bond donors (Lipinski definition) is 1. The molecular formula is C19H19N3O. The molecule has 0 aromatic heterocycles. The van der Waals surface area contributed by atoms with E-state index in [1.54, 1.807) is 11.0 Å². The molecule has 0 aliphatic carbocycles. The number of nitriles is 1. The number of rotatable bonds is 1. The Morgan fingerprint density at radius 1 is 1.22 bits per heavy atom. The normalized spacial score (nSPS) is 15.4. The van der Waals surface area contributed by atoms with Crippen molar-refractivity contribution in [3.8, 4) is 6.07 Å². The first kappa shape index (κ1) is 15.1. The highest BCUT2D eigenvalue weighted by Gasteiger charge is 2.33. The first-order chi connectivity index (χ1) is 11.0. The summed E-state index contributed by atoms with van der Waals surface area (Å²) in [6.07, 6.45) is 0.883. The van der Waals surface area contributed by atoms with Gasteiger partial charge in [-0.25, -0.2) is 4.79 Å². The number of fused-ring (bicyclic) bond motifs is 1. The third-order valence-electron chi connectivity index (χ3n) is 4.38. The van der Waals surface area contributed by atoms with Gasteiger partial charge in [-0.3, -0.25) is 4.90 Å². The second-order valence-corrected chi connectivity index (χ2v) is 6.43. The summed E-state index contributed by atoms with van der Waals surface area (Å²) in [5, 5.41) is 12.1. The molecule has 1 aliphatic rings. The Hall–Kier alpha value is -2.80. The van der Waals surface area contributed by atoms with Gasteiger partial charge in [-0.05, 0) is 41.7 Å². The van der Waals surface area contributed by atoms with E-state index in [1.807, 2.05) is 42.5 Å². The van der Waals surface area contributed by atoms with Gasteiger partial charge in [0.25, 0.3) is 0 Å². The van der Waals surface area contributed by atoms with Gasteiger partial charge in [0.05, 0.1) is 17.3 Å². The Morgan fingerprint density at radius 3 is 2.65 bits per heavy atom. The van der Waals surface area contributed by atoms with E-state index in [4.69, 9.17) is 5.26 Å². The molecule has 0 spiro atoms. The molecule has 23 heavy (non-hydrogen) atoms. The summed E-state index contributed by atoms with van der Waals surface area (Å²) < 4.78 is 0. The van der Waals surface area contributed by atoms with Crippen molar-refractivity contribution in [3.63, 3.8) is 0 Å². The van der Waals surface area contributed by atoms with Crippen molar-refractivity contribution >= 4 is 17.4 Å². The van der Waals surface area contributed by atoms with Crippen LogP contribution < -0.4 is 10.2 Å². The quantitative estimate of drug-likeness (QED) is 0.855. The molecule has 3 rings (SSSR count). The minimum absolute atomic E-state index is 0.00710. The number of anilines is 2. The van der Waals surface area contributed by atoms with Crippen molar-refractivity contribution in [2.45, 2.75) is 25.7 Å². The number of urea groups is 1. The molecule has 2 aromatic rings. The van der Waals surface area contributed by atoms with Gasteiger partial charge in [0, 0.05) is 12.2 Å². The maximum atomic E-state index is 12.7. The van der Waals surface area contributed by atoms with Crippen LogP contribution in [0, 0.1) is 11.3 Å². The predicted octanol–water partition coefficient (Wildman–Crippen LogP) is 4.28. The van der Waals surface area contributed by atoms with Crippen molar-refractivity contribution in [2.24, 2.45) is 0 Å². The summed E-state index contributed by atoms with van der Waals surface area (Å²) in [5.41, 5.74) is 3.26. The van der Waals surface area contributed by atoms with Gasteiger partial charge >= 0.3 is 6.03 Å². The van der Waals surface area contributed by atoms with Crippen molar-refractivity contribution < 1.29 is 4.79 Å². The third-order valence-corrected chi connectivity index (χ3v) is 4.38. The van der Waals surface area contributed by atoms with E-state index in [0.29, 0.717) is 12.1 Å². The zero-order valence-corrected chi connectivity index (χ0v) is 13.3. The van der Waals surface area contributed by atoms with E-state index < -0.39 is 0 Å². The number of para-hydroxylation sites is 1. The van der Waals surface area contributed by atoms with Crippen LogP contribution in [-0.4, -0.2) is 12.6 Å². The summed E-state index contributed by atoms with van der Waals surface area (Å²) in [6.45, 7) is 4.97. The monoisotopic (exact) mass is 305 g/mol. The summed E-state index contributed by atoms with van der Waals surface area (Å²) in [6, 6.07) is 17.0. The van der Waals surface area contributed by atoms with Gasteiger partial charge in [0.1, 0.15) is 0 Å². The van der Waals surface area contributed by atoms with Gasteiger partial charge in [0.2, 0.25) is 0 Å². The SMILES string of the molecule is CC1(C)CCN(C(=O)Nc2ccccc2)c2cc(C#N)ccc21. The fourth-order valence-electron chi connectivity index (χ4n) is 2.97. The Labute approximate surface area is 136 Å². The molecule has 1 N–H and O–H groups in total. The Balaban J connectivity index is 1.95. The van der Waals surface area contributed by atoms with Gasteiger partial charge in [-0.15, -0.1) is 0 Å². The average molecular weight is 305 g/mol. The van der Waals surface area contributed by atoms with Gasteiger partial charge in [-0.1, -0.05) is 38.1 Å². The first-order valence-corrected chi connectivity index (χ1v) is 7.69. The molecular weight excluding hydrogens is 286 g/mol. The van der Waals surface area contributed by atoms with E-state index in [-0.39, 0.29) is 11.4 Å². The maximum Gasteiger partial charge on any atom is 0.326 e. The van der Waals surface area contributed by atoms with Crippen molar-refractivity contribution in [3.05, 3.63) is 59.7 Å². The summed E-state index contributed by atoms with van der Waals surface area (Å²) >= 11 is 0. The molecule has 0 radical (unpaired) electrons. The molecule has 0 unspecified atom stereocenters. The molecule has 0 atom stereocenters. The summed E-state index contributed by atoms with van der Waals surface area (Å²) in [7, 11) is 0. The number of carbonyl (C=O) groups excluding carboxylic acids is 1. The molecule has 0 fully saturated rings. The van der Waals surface area contributed by atoms with E-state index in [9.17, 15) is 4.79 Å². The minimum Gasteiger partial charge on any atom is -0.308 e. The highest BCUT2D eigenvalue weighted by Crippen LogP contribution is 2.40. The van der Waals surface area contributed by atoms with Crippen LogP contribution in [0.25, 0.3) is 0 Å². The van der Waals surface area contributed by atoms with Crippen LogP contribution in [0.2, 0.25) is 0 Å². The second-order valence-electron chi connectivity index (χ2n) is 6.43. The Bertz CT molecular complexity index is 775. The molecule has 116 valence electrons. The van der Waals surface area contributed by atoms with Crippen LogP contribution in [0.5, 0.6) is 0 Å². The van der Waals surface area contributed by atoms with Gasteiger partial charge in [-0.2, -0.15) is 5.26 Å². The fourth-order valence-corrected chi connectivity index (χ4v) is 2.97. The number of benzene rings is 2. The number of hydrogen-bond acceptors (Lipinski definition) is 2. The lowest BCUT2D eigenvalue weighted by molar-refractivity contribution is 0.255. The van der Waals surface area contributed by atoms with Crippen LogP contribution in [0.15, 0.2) is 48.5 Å². The lowest BCUT2D eigenvalue weighted by Crippen LogP contribution is -2.43. The standard InChI is InChI=1S/C19H19N3O/c1-19(2)10-11-22(17-12-14(13-20)8-9-16(17)19)18(23)21-15-6-4-3-5-7-15/h3-9,12H,10-11H2,1-2H3,(H,21,23). The van der Waals surface area contributed by atoms with Crippen LogP contribution >= 0.6 is 0 Å². The molecule has 2 amide bonds. The number of nitrogens with one attached hydrogen (secondary N) is 1. The van der Waals surface area contributed by atoms with Crippen LogP contribution in [-0.2, 0) is 5.41 Å². The van der Waals surface area contributed by atoms with E-state index in [0.717, 1.165) is 23.4 Å². The molecule has 0 saturated heterocycles. The predicted molar refractivity (Wildman–Crippen MR) is 91.6 cm³/mol. The average Bonchev–Trinajstić information content (AvgIpc) is 2.55. The highest BCUT2D eigenvalue weighted by atomic mass is 16.2. The zero-order chi connectivity index (χ0) is 16.4. The second kappa shape index (κ2) is 5.77. The third kappa shape index (κ3) is 2.91. The van der Waals surface area contributed by atoms with Crippen LogP contribution in [0.3, 0.4) is 0 Å². The Morgan fingerprint density at radius 2 is 1.96 bits per heavy atom. The fraction of sp³-hybridized carbons (Fsp3) is 0.263. The lowest BCUT2D eigenvalue weighted by Gasteiger charge is -2.39. The van der Waals surface area contributed by atoms with Gasteiger partial charge in [0.15, 0.2) is 0 Å². The molecule has 0 saturated carbocycles. The lowest BCUT2D eigenvalue weighted by atomic mass is 9.77. The Kier molecular flexibility index (Phi) is 3.79. The molecule has 1 heterocycles. The topological polar surface area (TPSA) is 56.1 Å². The van der Waals surface area contributed by atoms with E-state index in [1.165, 1.54) is 0 Å². The smallest absolute Gasteiger partial charge is 0.308 e. The zero-order valence-electron chi connectivity index (χ0n) is 13.3. The van der Waals surface area contributed by atoms with Crippen LogP contribution in [0.4, 0.5) is 16.2 Å². The first-order valence-electron chi connectivity index (χ1n) is 7.69. The number of carbonyl (C=O) groups is 1. The summed E-state index contributed by atoms with van der Waals surface area (Å²) in [4.78, 5) is 14.4. The van der Waals surface area contributed by atoms with E-state index >= 15 is 0 Å². The molecule has 4 nitrogen and oxygen atoms in total. The van der Waals surface area contributed by atoms with Gasteiger partial charge < -0.3 is 5.32 Å². The van der Waals surface area contributed by atoms with Crippen molar-refractivity contribution in [1.29, 1.82) is 5.26 Å². The minimum atomic E-state index is -0.164. The molecule has 4 heteroatoms. The maximum absolute atomic E-state index is 12.7. The molecule has 2 aromatic carbocycles. The van der Waals surface area contributed by atoms with E-state index in [2.05, 4.69) is 25.2 Å². The largest absolute Gasteiger partial charge is 0.326 e.